The van der Waals surface area contributed by atoms with Crippen molar-refractivity contribution in [3.8, 4) is 0 Å². The molecule has 0 spiro atoms. The van der Waals surface area contributed by atoms with E-state index in [4.69, 9.17) is 10.2 Å². The third-order valence-electron chi connectivity index (χ3n) is 2.41. The van der Waals surface area contributed by atoms with Crippen LogP contribution in [0.2, 0.25) is 0 Å². The molecule has 2 atom stereocenters. The van der Waals surface area contributed by atoms with E-state index in [2.05, 4.69) is 10.6 Å². The van der Waals surface area contributed by atoms with Gasteiger partial charge in [-0.25, -0.2) is 9.59 Å². The van der Waals surface area contributed by atoms with Gasteiger partial charge in [-0.05, 0) is 29.3 Å². The van der Waals surface area contributed by atoms with Crippen LogP contribution < -0.4 is 10.6 Å². The lowest BCUT2D eigenvalue weighted by atomic mass is 10.2. The first-order chi connectivity index (χ1) is 8.54. The number of hydrogen-bond donors (Lipinski definition) is 4. The number of amides is 2. The molecule has 2 unspecified atom stereocenters. The van der Waals surface area contributed by atoms with Crippen LogP contribution in [-0.2, 0) is 4.79 Å². The van der Waals surface area contributed by atoms with Gasteiger partial charge in [-0.1, -0.05) is 0 Å². The fourth-order valence-corrected chi connectivity index (χ4v) is 2.14. The van der Waals surface area contributed by atoms with Gasteiger partial charge in [-0.15, -0.1) is 0 Å². The van der Waals surface area contributed by atoms with E-state index in [1.54, 1.807) is 0 Å². The minimum atomic E-state index is -1.16. The van der Waals surface area contributed by atoms with Crippen molar-refractivity contribution in [2.24, 2.45) is 0 Å². The van der Waals surface area contributed by atoms with Crippen LogP contribution in [0.25, 0.3) is 0 Å². The highest BCUT2D eigenvalue weighted by Gasteiger charge is 2.20. The maximum atomic E-state index is 11.6. The van der Waals surface area contributed by atoms with Gasteiger partial charge < -0.3 is 20.8 Å². The first-order valence-corrected chi connectivity index (χ1v) is 6.41. The Morgan fingerprint density at radius 1 is 1.44 bits per heavy atom. The molecule has 0 aliphatic heterocycles. The molecular formula is C11H16N2O4S. The summed E-state index contributed by atoms with van der Waals surface area (Å²) in [6, 6.07) is 0.0527. The number of aliphatic hydroxyl groups excluding tert-OH is 1. The van der Waals surface area contributed by atoms with Crippen molar-refractivity contribution in [1.29, 1.82) is 0 Å². The van der Waals surface area contributed by atoms with Crippen molar-refractivity contribution < 1.29 is 19.8 Å². The average Bonchev–Trinajstić information content (AvgIpc) is 2.81. The predicted octanol–water partition coefficient (Wildman–Crippen LogP) is 0.944. The van der Waals surface area contributed by atoms with Gasteiger partial charge in [0, 0.05) is 13.0 Å². The fraction of sp³-hybridized carbons (Fsp3) is 0.455. The summed E-state index contributed by atoms with van der Waals surface area (Å²) in [5.41, 5.74) is 0.962. The number of hydrogen-bond acceptors (Lipinski definition) is 4. The van der Waals surface area contributed by atoms with E-state index in [1.165, 1.54) is 11.3 Å². The van der Waals surface area contributed by atoms with E-state index < -0.39 is 18.0 Å². The lowest BCUT2D eigenvalue weighted by molar-refractivity contribution is -0.139. The van der Waals surface area contributed by atoms with Crippen molar-refractivity contribution in [2.45, 2.75) is 25.4 Å². The molecule has 100 valence electrons. The minimum absolute atomic E-state index is 0.0183. The van der Waals surface area contributed by atoms with Crippen molar-refractivity contribution in [3.05, 3.63) is 22.4 Å². The third-order valence-corrected chi connectivity index (χ3v) is 3.11. The van der Waals surface area contributed by atoms with Gasteiger partial charge in [0.05, 0.1) is 6.04 Å². The molecule has 1 heterocycles. The summed E-state index contributed by atoms with van der Waals surface area (Å²) in [4.78, 5) is 22.4. The van der Waals surface area contributed by atoms with E-state index in [1.807, 2.05) is 23.8 Å². The molecule has 1 rings (SSSR count). The Kier molecular flexibility index (Phi) is 5.60. The molecule has 0 saturated carbocycles. The van der Waals surface area contributed by atoms with Crippen molar-refractivity contribution >= 4 is 23.3 Å². The summed E-state index contributed by atoms with van der Waals surface area (Å²) in [7, 11) is 0. The smallest absolute Gasteiger partial charge is 0.326 e. The van der Waals surface area contributed by atoms with Crippen LogP contribution in [0.1, 0.15) is 24.9 Å². The monoisotopic (exact) mass is 272 g/mol. The molecule has 0 aliphatic carbocycles. The van der Waals surface area contributed by atoms with Gasteiger partial charge >= 0.3 is 12.0 Å². The molecule has 0 bridgehead atoms. The normalized spacial score (nSPS) is 13.7. The van der Waals surface area contributed by atoms with Crippen LogP contribution in [0.3, 0.4) is 0 Å². The number of carbonyl (C=O) groups excluding carboxylic acids is 1. The highest BCUT2D eigenvalue weighted by molar-refractivity contribution is 7.07. The number of aliphatic carboxylic acids is 1. The molecule has 6 nitrogen and oxygen atoms in total. The Bertz CT molecular complexity index is 394. The van der Waals surface area contributed by atoms with Gasteiger partial charge in [0.1, 0.15) is 6.04 Å². The zero-order valence-corrected chi connectivity index (χ0v) is 10.7. The van der Waals surface area contributed by atoms with Gasteiger partial charge in [-0.2, -0.15) is 11.3 Å². The number of carboxylic acids is 1. The standard InChI is InChI=1S/C11H16N2O4S/c1-7(8-3-5-18-6-8)12-11(17)13-9(2-4-14)10(15)16/h3,5-7,9,14H,2,4H2,1H3,(H,15,16)(H2,12,13,17). The zero-order chi connectivity index (χ0) is 13.5. The number of urea groups is 1. The lowest BCUT2D eigenvalue weighted by Crippen LogP contribution is -2.46. The summed E-state index contributed by atoms with van der Waals surface area (Å²) in [6.07, 6.45) is -0.0183. The predicted molar refractivity (Wildman–Crippen MR) is 67.5 cm³/mol. The van der Waals surface area contributed by atoms with Gasteiger partial charge in [-0.3, -0.25) is 0 Å². The zero-order valence-electron chi connectivity index (χ0n) is 9.92. The largest absolute Gasteiger partial charge is 0.480 e. The minimum Gasteiger partial charge on any atom is -0.480 e. The van der Waals surface area contributed by atoms with Gasteiger partial charge in [0.2, 0.25) is 0 Å². The first kappa shape index (κ1) is 14.5. The van der Waals surface area contributed by atoms with Crippen LogP contribution in [-0.4, -0.2) is 34.9 Å². The molecule has 1 aromatic rings. The summed E-state index contributed by atoms with van der Waals surface area (Å²) < 4.78 is 0. The number of carbonyl (C=O) groups is 2. The highest BCUT2D eigenvalue weighted by Crippen LogP contribution is 2.15. The van der Waals surface area contributed by atoms with Crippen molar-refractivity contribution in [3.63, 3.8) is 0 Å². The number of nitrogens with one attached hydrogen (secondary N) is 2. The SMILES string of the molecule is CC(NC(=O)NC(CCO)C(=O)O)c1ccsc1. The van der Waals surface area contributed by atoms with Crippen LogP contribution in [0.4, 0.5) is 4.79 Å². The van der Waals surface area contributed by atoms with Crippen LogP contribution in [0, 0.1) is 0 Å². The van der Waals surface area contributed by atoms with E-state index in [0.29, 0.717) is 0 Å². The Morgan fingerprint density at radius 3 is 2.67 bits per heavy atom. The third kappa shape index (κ3) is 4.34. The molecule has 2 amide bonds. The number of carboxylic acid groups (broad SMARTS) is 1. The second kappa shape index (κ2) is 6.97. The maximum Gasteiger partial charge on any atom is 0.326 e. The summed E-state index contributed by atoms with van der Waals surface area (Å²) in [5, 5.41) is 26.3. The summed E-state index contributed by atoms with van der Waals surface area (Å²) in [5.74, 6) is -1.16. The van der Waals surface area contributed by atoms with Gasteiger partial charge in [0.15, 0.2) is 0 Å². The Balaban J connectivity index is 2.47. The molecule has 0 aliphatic rings. The molecular weight excluding hydrogens is 256 g/mol. The summed E-state index contributed by atoms with van der Waals surface area (Å²) >= 11 is 1.52. The molecule has 0 saturated heterocycles. The second-order valence-electron chi connectivity index (χ2n) is 3.80. The van der Waals surface area contributed by atoms with Crippen LogP contribution in [0.15, 0.2) is 16.8 Å². The first-order valence-electron chi connectivity index (χ1n) is 5.47. The Labute approximate surface area is 109 Å². The van der Waals surface area contributed by atoms with Crippen molar-refractivity contribution in [2.75, 3.05) is 6.61 Å². The topological polar surface area (TPSA) is 98.7 Å². The Hall–Kier alpha value is -1.60. The molecule has 7 heteroatoms. The number of aliphatic hydroxyl groups is 1. The average molecular weight is 272 g/mol. The molecule has 18 heavy (non-hydrogen) atoms. The molecule has 0 fully saturated rings. The summed E-state index contributed by atoms with van der Waals surface area (Å²) in [6.45, 7) is 1.51. The van der Waals surface area contributed by atoms with E-state index in [9.17, 15) is 9.59 Å². The lowest BCUT2D eigenvalue weighted by Gasteiger charge is -2.17. The quantitative estimate of drug-likeness (QED) is 0.619. The molecule has 4 N–H and O–H groups in total. The Morgan fingerprint density at radius 2 is 2.17 bits per heavy atom. The van der Waals surface area contributed by atoms with E-state index in [0.717, 1.165) is 5.56 Å². The fourth-order valence-electron chi connectivity index (χ4n) is 1.39. The molecule has 1 aromatic heterocycles. The van der Waals surface area contributed by atoms with Crippen LogP contribution >= 0.6 is 11.3 Å². The van der Waals surface area contributed by atoms with Gasteiger partial charge in [0.25, 0.3) is 0 Å². The molecule has 0 aromatic carbocycles. The van der Waals surface area contributed by atoms with E-state index >= 15 is 0 Å². The maximum absolute atomic E-state index is 11.6. The second-order valence-corrected chi connectivity index (χ2v) is 4.58. The highest BCUT2D eigenvalue weighted by atomic mass is 32.1. The number of rotatable bonds is 6. The number of thiophene rings is 1. The van der Waals surface area contributed by atoms with Crippen LogP contribution in [0.5, 0.6) is 0 Å². The van der Waals surface area contributed by atoms with Crippen molar-refractivity contribution in [1.82, 2.24) is 10.6 Å². The molecule has 0 radical (unpaired) electrons. The van der Waals surface area contributed by atoms with E-state index in [-0.39, 0.29) is 19.1 Å².